The maximum Gasteiger partial charge on any atom is 0.204 e. The van der Waals surface area contributed by atoms with Crippen molar-refractivity contribution in [2.75, 3.05) is 5.32 Å². The van der Waals surface area contributed by atoms with E-state index in [0.717, 1.165) is 39.1 Å². The van der Waals surface area contributed by atoms with E-state index in [0.29, 0.717) is 13.1 Å². The maximum atomic E-state index is 6.35. The predicted molar refractivity (Wildman–Crippen MR) is 101 cm³/mol. The molecule has 0 aliphatic rings. The van der Waals surface area contributed by atoms with E-state index in [2.05, 4.69) is 16.0 Å². The standard InChI is InChI=1S/C20H18ClN3O/c1-14-10-11-16(25-14)12-22-20-23-18-8-4-5-9-19(18)24(20)13-15-6-2-3-7-17(15)21/h2-11H,12-13H2,1H3,(H,22,23). The molecule has 5 heteroatoms. The highest BCUT2D eigenvalue weighted by atomic mass is 35.5. The predicted octanol–water partition coefficient (Wildman–Crippen LogP) is 5.25. The summed E-state index contributed by atoms with van der Waals surface area (Å²) < 4.78 is 7.78. The van der Waals surface area contributed by atoms with Crippen LogP contribution in [-0.4, -0.2) is 9.55 Å². The van der Waals surface area contributed by atoms with Gasteiger partial charge in [-0.1, -0.05) is 41.9 Å². The summed E-state index contributed by atoms with van der Waals surface area (Å²) in [5, 5.41) is 4.14. The normalized spacial score (nSPS) is 11.1. The van der Waals surface area contributed by atoms with Crippen molar-refractivity contribution in [3.8, 4) is 0 Å². The molecule has 126 valence electrons. The number of furan rings is 1. The first-order chi connectivity index (χ1) is 12.2. The SMILES string of the molecule is Cc1ccc(CNc2nc3ccccc3n2Cc2ccccc2Cl)o1. The van der Waals surface area contributed by atoms with Crippen LogP contribution in [0, 0.1) is 6.92 Å². The van der Waals surface area contributed by atoms with Gasteiger partial charge in [0.15, 0.2) is 0 Å². The third kappa shape index (κ3) is 3.26. The molecule has 0 radical (unpaired) electrons. The number of para-hydroxylation sites is 2. The molecule has 0 bridgehead atoms. The van der Waals surface area contributed by atoms with Crippen LogP contribution in [0.25, 0.3) is 11.0 Å². The number of halogens is 1. The average Bonchev–Trinajstić information content (AvgIpc) is 3.19. The Kier molecular flexibility index (Phi) is 4.20. The molecule has 0 atom stereocenters. The third-order valence-corrected chi connectivity index (χ3v) is 4.53. The van der Waals surface area contributed by atoms with Crippen molar-refractivity contribution >= 4 is 28.6 Å². The highest BCUT2D eigenvalue weighted by Gasteiger charge is 2.12. The van der Waals surface area contributed by atoms with Gasteiger partial charge in [0.25, 0.3) is 0 Å². The fourth-order valence-corrected chi connectivity index (χ4v) is 3.11. The quantitative estimate of drug-likeness (QED) is 0.534. The van der Waals surface area contributed by atoms with Crippen molar-refractivity contribution in [2.24, 2.45) is 0 Å². The smallest absolute Gasteiger partial charge is 0.204 e. The number of hydrogen-bond donors (Lipinski definition) is 1. The lowest BCUT2D eigenvalue weighted by molar-refractivity contribution is 0.490. The number of fused-ring (bicyclic) bond motifs is 1. The van der Waals surface area contributed by atoms with Gasteiger partial charge in [0.1, 0.15) is 11.5 Å². The summed E-state index contributed by atoms with van der Waals surface area (Å²) in [5.74, 6) is 2.59. The van der Waals surface area contributed by atoms with Gasteiger partial charge in [0.2, 0.25) is 5.95 Å². The van der Waals surface area contributed by atoms with Gasteiger partial charge in [-0.3, -0.25) is 0 Å². The van der Waals surface area contributed by atoms with Crippen molar-refractivity contribution in [3.05, 3.63) is 82.8 Å². The lowest BCUT2D eigenvalue weighted by Crippen LogP contribution is -2.08. The Morgan fingerprint density at radius 1 is 1.04 bits per heavy atom. The molecule has 1 N–H and O–H groups in total. The zero-order valence-electron chi connectivity index (χ0n) is 13.9. The lowest BCUT2D eigenvalue weighted by Gasteiger charge is -2.11. The van der Waals surface area contributed by atoms with E-state index in [4.69, 9.17) is 21.0 Å². The number of aryl methyl sites for hydroxylation is 1. The van der Waals surface area contributed by atoms with Crippen LogP contribution in [0.3, 0.4) is 0 Å². The molecule has 2 heterocycles. The van der Waals surface area contributed by atoms with Gasteiger partial charge in [0.05, 0.1) is 24.1 Å². The van der Waals surface area contributed by atoms with E-state index in [9.17, 15) is 0 Å². The highest BCUT2D eigenvalue weighted by molar-refractivity contribution is 6.31. The number of nitrogens with one attached hydrogen (secondary N) is 1. The molecule has 4 aromatic rings. The largest absolute Gasteiger partial charge is 0.465 e. The second kappa shape index (κ2) is 6.65. The Morgan fingerprint density at radius 3 is 2.64 bits per heavy atom. The van der Waals surface area contributed by atoms with Crippen LogP contribution in [0.4, 0.5) is 5.95 Å². The molecule has 0 spiro atoms. The van der Waals surface area contributed by atoms with E-state index in [1.165, 1.54) is 0 Å². The monoisotopic (exact) mass is 351 g/mol. The summed E-state index contributed by atoms with van der Waals surface area (Å²) in [6, 6.07) is 19.9. The molecule has 25 heavy (non-hydrogen) atoms. The van der Waals surface area contributed by atoms with Gasteiger partial charge < -0.3 is 14.3 Å². The van der Waals surface area contributed by atoms with Gasteiger partial charge in [-0.15, -0.1) is 0 Å². The number of hydrogen-bond acceptors (Lipinski definition) is 3. The van der Waals surface area contributed by atoms with Crippen molar-refractivity contribution in [1.29, 1.82) is 0 Å². The number of anilines is 1. The number of aromatic nitrogens is 2. The number of imidazole rings is 1. The molecule has 2 aromatic carbocycles. The zero-order chi connectivity index (χ0) is 17.2. The first-order valence-corrected chi connectivity index (χ1v) is 8.56. The van der Waals surface area contributed by atoms with E-state index in [-0.39, 0.29) is 0 Å². The van der Waals surface area contributed by atoms with Gasteiger partial charge in [-0.2, -0.15) is 0 Å². The number of benzene rings is 2. The second-order valence-corrected chi connectivity index (χ2v) is 6.37. The van der Waals surface area contributed by atoms with Crippen molar-refractivity contribution in [2.45, 2.75) is 20.0 Å². The van der Waals surface area contributed by atoms with Gasteiger partial charge in [0, 0.05) is 5.02 Å². The van der Waals surface area contributed by atoms with Crippen molar-refractivity contribution < 1.29 is 4.42 Å². The minimum Gasteiger partial charge on any atom is -0.465 e. The Labute approximate surface area is 151 Å². The Bertz CT molecular complexity index is 1020. The topological polar surface area (TPSA) is 43.0 Å². The Balaban J connectivity index is 1.69. The Hall–Kier alpha value is -2.72. The molecule has 0 saturated heterocycles. The van der Waals surface area contributed by atoms with Crippen molar-refractivity contribution in [1.82, 2.24) is 9.55 Å². The van der Waals surface area contributed by atoms with Crippen LogP contribution in [0.5, 0.6) is 0 Å². The van der Waals surface area contributed by atoms with Gasteiger partial charge >= 0.3 is 0 Å². The van der Waals surface area contributed by atoms with Crippen molar-refractivity contribution in [3.63, 3.8) is 0 Å². The summed E-state index contributed by atoms with van der Waals surface area (Å²) in [7, 11) is 0. The van der Waals surface area contributed by atoms with E-state index in [1.807, 2.05) is 61.5 Å². The molecule has 0 aliphatic heterocycles. The minimum atomic E-state index is 0.583. The number of nitrogens with zero attached hydrogens (tertiary/aromatic N) is 2. The summed E-state index contributed by atoms with van der Waals surface area (Å²) in [6.07, 6.45) is 0. The maximum absolute atomic E-state index is 6.35. The third-order valence-electron chi connectivity index (χ3n) is 4.16. The molecule has 2 aromatic heterocycles. The molecule has 0 fully saturated rings. The van der Waals surface area contributed by atoms with Crippen LogP contribution in [0.1, 0.15) is 17.1 Å². The van der Waals surface area contributed by atoms with Crippen LogP contribution in [0.2, 0.25) is 5.02 Å². The molecular weight excluding hydrogens is 334 g/mol. The highest BCUT2D eigenvalue weighted by Crippen LogP contribution is 2.24. The number of rotatable bonds is 5. The van der Waals surface area contributed by atoms with E-state index >= 15 is 0 Å². The fourth-order valence-electron chi connectivity index (χ4n) is 2.91. The second-order valence-electron chi connectivity index (χ2n) is 5.97. The van der Waals surface area contributed by atoms with E-state index < -0.39 is 0 Å². The molecule has 4 rings (SSSR count). The van der Waals surface area contributed by atoms with E-state index in [1.54, 1.807) is 0 Å². The molecule has 0 aliphatic carbocycles. The lowest BCUT2D eigenvalue weighted by atomic mass is 10.2. The molecular formula is C20H18ClN3O. The van der Waals surface area contributed by atoms with Crippen LogP contribution in [-0.2, 0) is 13.1 Å². The summed E-state index contributed by atoms with van der Waals surface area (Å²) in [6.45, 7) is 3.18. The summed E-state index contributed by atoms with van der Waals surface area (Å²) >= 11 is 6.35. The van der Waals surface area contributed by atoms with Gasteiger partial charge in [-0.25, -0.2) is 4.98 Å². The van der Waals surface area contributed by atoms with Crippen LogP contribution >= 0.6 is 11.6 Å². The molecule has 0 unspecified atom stereocenters. The molecule has 0 saturated carbocycles. The first-order valence-electron chi connectivity index (χ1n) is 8.18. The average molecular weight is 352 g/mol. The fraction of sp³-hybridized carbons (Fsp3) is 0.150. The molecule has 4 nitrogen and oxygen atoms in total. The minimum absolute atomic E-state index is 0.583. The van der Waals surface area contributed by atoms with Gasteiger partial charge in [-0.05, 0) is 42.8 Å². The summed E-state index contributed by atoms with van der Waals surface area (Å²) in [4.78, 5) is 4.73. The molecule has 0 amide bonds. The van der Waals surface area contributed by atoms with Crippen LogP contribution < -0.4 is 5.32 Å². The zero-order valence-corrected chi connectivity index (χ0v) is 14.6. The summed E-state index contributed by atoms with van der Waals surface area (Å²) in [5.41, 5.74) is 3.08. The van der Waals surface area contributed by atoms with Crippen LogP contribution in [0.15, 0.2) is 65.1 Å². The first kappa shape index (κ1) is 15.8. The Morgan fingerprint density at radius 2 is 1.84 bits per heavy atom.